The van der Waals surface area contributed by atoms with E-state index in [1.807, 2.05) is 44.2 Å². The number of piperazine rings is 1. The monoisotopic (exact) mass is 424 g/mol. The molecule has 7 heteroatoms. The minimum atomic E-state index is -0.780. The number of hydrazone groups is 1. The van der Waals surface area contributed by atoms with Gasteiger partial charge in [0.2, 0.25) is 0 Å². The molecule has 2 fully saturated rings. The summed E-state index contributed by atoms with van der Waals surface area (Å²) in [5.74, 6) is -1.19. The highest BCUT2D eigenvalue weighted by Gasteiger charge is 2.48. The Morgan fingerprint density at radius 3 is 2.68 bits per heavy atom. The molecular weight excluding hydrogens is 398 g/mol. The lowest BCUT2D eigenvalue weighted by atomic mass is 9.85. The average molecular weight is 424 g/mol. The summed E-state index contributed by atoms with van der Waals surface area (Å²) in [6.07, 6.45) is 1.36. The molecule has 2 saturated heterocycles. The Morgan fingerprint density at radius 1 is 1.23 bits per heavy atom. The smallest absolute Gasteiger partial charge is 0.260 e. The van der Waals surface area contributed by atoms with Gasteiger partial charge < -0.3 is 5.32 Å². The first-order valence-corrected chi connectivity index (χ1v) is 10.8. The van der Waals surface area contributed by atoms with Gasteiger partial charge in [0.1, 0.15) is 11.6 Å². The highest BCUT2D eigenvalue weighted by atomic mass is 19.1. The van der Waals surface area contributed by atoms with Crippen LogP contribution >= 0.6 is 0 Å². The Morgan fingerprint density at radius 2 is 2.00 bits per heavy atom. The molecule has 3 aliphatic rings. The molecule has 1 amide bonds. The van der Waals surface area contributed by atoms with E-state index >= 15 is 0 Å². The molecule has 1 N–H and O–H groups in total. The molecule has 2 aromatic carbocycles. The van der Waals surface area contributed by atoms with Crippen molar-refractivity contribution in [2.75, 3.05) is 13.1 Å². The molecule has 2 aromatic rings. The van der Waals surface area contributed by atoms with Crippen molar-refractivity contribution in [1.82, 2.24) is 15.2 Å². The van der Waals surface area contributed by atoms with Crippen LogP contribution in [-0.4, -0.2) is 52.7 Å². The Hall–Kier alpha value is -2.64. The SMILES string of the molecule is CC(C(=O)N1N=C(c2cc(F)ccc2F)CC1(C)c1ccccc1)N1C[C@H]2C[C@@H]1CN2. The predicted molar refractivity (Wildman–Crippen MR) is 115 cm³/mol. The zero-order valence-corrected chi connectivity index (χ0v) is 17.7. The average Bonchev–Trinajstić information content (AvgIpc) is 3.50. The van der Waals surface area contributed by atoms with Gasteiger partial charge in [0, 0.05) is 37.2 Å². The lowest BCUT2D eigenvalue weighted by Crippen LogP contribution is -2.55. The second kappa shape index (κ2) is 7.50. The van der Waals surface area contributed by atoms with Crippen LogP contribution in [-0.2, 0) is 10.3 Å². The van der Waals surface area contributed by atoms with Gasteiger partial charge in [0.25, 0.3) is 5.91 Å². The van der Waals surface area contributed by atoms with Crippen LogP contribution in [0.1, 0.15) is 37.8 Å². The summed E-state index contributed by atoms with van der Waals surface area (Å²) in [4.78, 5) is 16.0. The first kappa shape index (κ1) is 20.3. The fourth-order valence-corrected chi connectivity index (χ4v) is 5.24. The molecule has 0 saturated carbocycles. The van der Waals surface area contributed by atoms with Crippen LogP contribution in [0.15, 0.2) is 53.6 Å². The number of halogens is 2. The number of likely N-dealkylation sites (tertiary alicyclic amines) is 1. The maximum Gasteiger partial charge on any atom is 0.260 e. The van der Waals surface area contributed by atoms with Crippen LogP contribution in [0, 0.1) is 11.6 Å². The summed E-state index contributed by atoms with van der Waals surface area (Å²) in [6, 6.07) is 13.4. The molecule has 0 aliphatic carbocycles. The topological polar surface area (TPSA) is 47.9 Å². The molecule has 0 spiro atoms. The Balaban J connectivity index is 1.52. The third-order valence-electron chi connectivity index (χ3n) is 7.00. The van der Waals surface area contributed by atoms with E-state index in [1.54, 1.807) is 0 Å². The highest BCUT2D eigenvalue weighted by Crippen LogP contribution is 2.40. The molecule has 5 nitrogen and oxygen atoms in total. The molecule has 3 aliphatic heterocycles. The van der Waals surface area contributed by atoms with Crippen molar-refractivity contribution < 1.29 is 13.6 Å². The minimum absolute atomic E-state index is 0.106. The van der Waals surface area contributed by atoms with E-state index in [0.29, 0.717) is 24.2 Å². The van der Waals surface area contributed by atoms with Gasteiger partial charge in [-0.25, -0.2) is 13.8 Å². The van der Waals surface area contributed by atoms with Crippen molar-refractivity contribution >= 4 is 11.6 Å². The number of nitrogens with one attached hydrogen (secondary N) is 1. The van der Waals surface area contributed by atoms with E-state index in [1.165, 1.54) is 5.01 Å². The van der Waals surface area contributed by atoms with E-state index in [-0.39, 0.29) is 17.5 Å². The molecule has 0 aromatic heterocycles. The molecule has 0 radical (unpaired) electrons. The lowest BCUT2D eigenvalue weighted by molar-refractivity contribution is -0.142. The summed E-state index contributed by atoms with van der Waals surface area (Å²) in [7, 11) is 0. The Kier molecular flexibility index (Phi) is 4.90. The predicted octanol–water partition coefficient (Wildman–Crippen LogP) is 3.25. The minimum Gasteiger partial charge on any atom is -0.311 e. The van der Waals surface area contributed by atoms with Crippen molar-refractivity contribution in [3.63, 3.8) is 0 Å². The van der Waals surface area contributed by atoms with Crippen LogP contribution < -0.4 is 5.32 Å². The van der Waals surface area contributed by atoms with E-state index in [9.17, 15) is 13.6 Å². The third kappa shape index (κ3) is 3.36. The number of carbonyl (C=O) groups excluding carboxylic acids is 1. The Labute approximate surface area is 180 Å². The molecule has 3 heterocycles. The second-order valence-electron chi connectivity index (χ2n) is 9.01. The number of hydrogen-bond acceptors (Lipinski definition) is 4. The largest absolute Gasteiger partial charge is 0.311 e. The van der Waals surface area contributed by atoms with Crippen LogP contribution in [0.2, 0.25) is 0 Å². The van der Waals surface area contributed by atoms with Crippen LogP contribution in [0.3, 0.4) is 0 Å². The van der Waals surface area contributed by atoms with Crippen molar-refractivity contribution in [2.45, 2.75) is 50.4 Å². The number of nitrogens with zero attached hydrogens (tertiary/aromatic N) is 3. The van der Waals surface area contributed by atoms with E-state index < -0.39 is 17.2 Å². The maximum atomic E-state index is 14.5. The van der Waals surface area contributed by atoms with E-state index in [2.05, 4.69) is 15.3 Å². The zero-order chi connectivity index (χ0) is 21.8. The second-order valence-corrected chi connectivity index (χ2v) is 9.01. The maximum absolute atomic E-state index is 14.5. The molecule has 2 bridgehead atoms. The summed E-state index contributed by atoms with van der Waals surface area (Å²) < 4.78 is 28.4. The van der Waals surface area contributed by atoms with Crippen LogP contribution in [0.25, 0.3) is 0 Å². The molecule has 162 valence electrons. The summed E-state index contributed by atoms with van der Waals surface area (Å²) in [5, 5.41) is 9.56. The van der Waals surface area contributed by atoms with Gasteiger partial charge in [-0.1, -0.05) is 30.3 Å². The van der Waals surface area contributed by atoms with Crippen molar-refractivity contribution in [2.24, 2.45) is 5.10 Å². The first-order chi connectivity index (χ1) is 14.9. The molecule has 2 unspecified atom stereocenters. The molecule has 4 atom stereocenters. The van der Waals surface area contributed by atoms with E-state index in [0.717, 1.165) is 43.3 Å². The van der Waals surface area contributed by atoms with Gasteiger partial charge in [-0.05, 0) is 44.0 Å². The fourth-order valence-electron chi connectivity index (χ4n) is 5.24. The molecule has 5 rings (SSSR count). The van der Waals surface area contributed by atoms with Gasteiger partial charge >= 0.3 is 0 Å². The Bertz CT molecular complexity index is 1040. The number of benzene rings is 2. The summed E-state index contributed by atoms with van der Waals surface area (Å²) in [5.41, 5.74) is 0.622. The lowest BCUT2D eigenvalue weighted by Gasteiger charge is -2.38. The number of fused-ring (bicyclic) bond motifs is 2. The first-order valence-electron chi connectivity index (χ1n) is 10.8. The normalized spacial score (nSPS) is 28.8. The quantitative estimate of drug-likeness (QED) is 0.820. The van der Waals surface area contributed by atoms with Gasteiger partial charge in [-0.2, -0.15) is 5.10 Å². The standard InChI is InChI=1S/C24H26F2N4O/c1-15(29-14-18-11-19(29)13-27-18)23(31)30-24(2,16-6-4-3-5-7-16)12-22(28-30)20-10-17(25)8-9-21(20)26/h3-10,15,18-19,27H,11-14H2,1-2H3/t15?,18-,19-,24?/m1/s1. The van der Waals surface area contributed by atoms with Gasteiger partial charge in [0.05, 0.1) is 17.3 Å². The zero-order valence-electron chi connectivity index (χ0n) is 17.7. The van der Waals surface area contributed by atoms with Crippen molar-refractivity contribution in [3.8, 4) is 0 Å². The number of rotatable bonds is 4. The highest BCUT2D eigenvalue weighted by molar-refractivity contribution is 6.04. The van der Waals surface area contributed by atoms with Crippen LogP contribution in [0.5, 0.6) is 0 Å². The molecular formula is C24H26F2N4O. The van der Waals surface area contributed by atoms with Gasteiger partial charge in [-0.3, -0.25) is 9.69 Å². The fraction of sp³-hybridized carbons (Fsp3) is 0.417. The van der Waals surface area contributed by atoms with Crippen molar-refractivity contribution in [3.05, 3.63) is 71.3 Å². The van der Waals surface area contributed by atoms with Crippen LogP contribution in [0.4, 0.5) is 8.78 Å². The summed E-state index contributed by atoms with van der Waals surface area (Å²) >= 11 is 0. The number of hydrogen-bond donors (Lipinski definition) is 1. The number of carbonyl (C=O) groups is 1. The molecule has 31 heavy (non-hydrogen) atoms. The summed E-state index contributed by atoms with van der Waals surface area (Å²) in [6.45, 7) is 5.59. The third-order valence-corrected chi connectivity index (χ3v) is 7.00. The number of amides is 1. The van der Waals surface area contributed by atoms with Crippen molar-refractivity contribution in [1.29, 1.82) is 0 Å². The van der Waals surface area contributed by atoms with Gasteiger partial charge in [-0.15, -0.1) is 0 Å². The van der Waals surface area contributed by atoms with Gasteiger partial charge in [0.15, 0.2) is 0 Å². The van der Waals surface area contributed by atoms with E-state index in [4.69, 9.17) is 0 Å².